The second kappa shape index (κ2) is 6.31. The number of hydrogen-bond donors (Lipinski definition) is 2. The van der Waals surface area contributed by atoms with E-state index in [1.165, 1.54) is 6.33 Å². The molecular formula is C15H19FN6O. The van der Waals surface area contributed by atoms with Crippen LogP contribution in [0.1, 0.15) is 47.6 Å². The number of aryl methyl sites for hydroxylation is 1. The number of hydrogen-bond acceptors (Lipinski definition) is 5. The normalized spacial score (nSPS) is 18.2. The number of nitrogens with zero attached hydrogens (tertiary/aromatic N) is 4. The molecular weight excluding hydrogens is 299 g/mol. The number of primary amides is 1. The molecule has 1 atom stereocenters. The summed E-state index contributed by atoms with van der Waals surface area (Å²) in [5.74, 6) is -0.437. The summed E-state index contributed by atoms with van der Waals surface area (Å²) < 4.78 is 14.4. The Labute approximate surface area is 133 Å². The molecule has 122 valence electrons. The minimum atomic E-state index is -0.561. The second-order valence-electron chi connectivity index (χ2n) is 5.67. The highest BCUT2D eigenvalue weighted by molar-refractivity contribution is 5.90. The fourth-order valence-electron chi connectivity index (χ4n) is 2.96. The van der Waals surface area contributed by atoms with Crippen molar-refractivity contribution < 1.29 is 9.18 Å². The molecule has 3 heterocycles. The van der Waals surface area contributed by atoms with Gasteiger partial charge in [-0.2, -0.15) is 5.10 Å². The highest BCUT2D eigenvalue weighted by Gasteiger charge is 2.26. The number of piperidine rings is 1. The molecule has 23 heavy (non-hydrogen) atoms. The quantitative estimate of drug-likeness (QED) is 0.887. The van der Waals surface area contributed by atoms with E-state index in [0.29, 0.717) is 24.5 Å². The van der Waals surface area contributed by atoms with Gasteiger partial charge >= 0.3 is 0 Å². The number of amides is 1. The number of nitrogens with one attached hydrogen (secondary N) is 1. The first-order valence-electron chi connectivity index (χ1n) is 7.69. The van der Waals surface area contributed by atoms with Crippen LogP contribution < -0.4 is 10.6 Å². The summed E-state index contributed by atoms with van der Waals surface area (Å²) in [4.78, 5) is 21.2. The molecule has 1 saturated heterocycles. The van der Waals surface area contributed by atoms with E-state index in [2.05, 4.69) is 20.2 Å². The summed E-state index contributed by atoms with van der Waals surface area (Å²) >= 11 is 0. The van der Waals surface area contributed by atoms with E-state index < -0.39 is 5.91 Å². The first-order chi connectivity index (χ1) is 11.1. The number of carbonyl (C=O) groups excluding carboxylic acids is 1. The Balaban J connectivity index is 1.82. The zero-order valence-electron chi connectivity index (χ0n) is 12.9. The number of H-pyrrole nitrogens is 1. The van der Waals surface area contributed by atoms with Crippen molar-refractivity contribution in [1.82, 2.24) is 20.2 Å². The Morgan fingerprint density at radius 2 is 2.35 bits per heavy atom. The van der Waals surface area contributed by atoms with E-state index in [-0.39, 0.29) is 17.4 Å². The van der Waals surface area contributed by atoms with E-state index in [1.807, 2.05) is 11.8 Å². The molecule has 3 N–H and O–H groups in total. The molecule has 1 amide bonds. The fourth-order valence-corrected chi connectivity index (χ4v) is 2.96. The maximum absolute atomic E-state index is 14.4. The van der Waals surface area contributed by atoms with Gasteiger partial charge in [-0.1, -0.05) is 6.92 Å². The lowest BCUT2D eigenvalue weighted by Crippen LogP contribution is -2.36. The van der Waals surface area contributed by atoms with Crippen LogP contribution in [0.4, 0.5) is 10.2 Å². The third-order valence-electron chi connectivity index (χ3n) is 4.19. The Bertz CT molecular complexity index is 716. The summed E-state index contributed by atoms with van der Waals surface area (Å²) in [6.45, 7) is 3.21. The third-order valence-corrected chi connectivity index (χ3v) is 4.19. The van der Waals surface area contributed by atoms with Crippen molar-refractivity contribution >= 4 is 11.7 Å². The number of aromatic amines is 1. The molecule has 0 unspecified atom stereocenters. The van der Waals surface area contributed by atoms with Crippen LogP contribution in [0.25, 0.3) is 0 Å². The average molecular weight is 318 g/mol. The van der Waals surface area contributed by atoms with E-state index in [4.69, 9.17) is 5.73 Å². The first kappa shape index (κ1) is 15.4. The smallest absolute Gasteiger partial charge is 0.269 e. The van der Waals surface area contributed by atoms with Crippen LogP contribution in [0.3, 0.4) is 0 Å². The van der Waals surface area contributed by atoms with Crippen LogP contribution in [0, 0.1) is 5.82 Å². The summed E-state index contributed by atoms with van der Waals surface area (Å²) in [5.41, 5.74) is 6.72. The van der Waals surface area contributed by atoms with Gasteiger partial charge in [-0.15, -0.1) is 0 Å². The second-order valence-corrected chi connectivity index (χ2v) is 5.67. The molecule has 8 heteroatoms. The topological polar surface area (TPSA) is 101 Å². The number of aromatic nitrogens is 4. The van der Waals surface area contributed by atoms with Gasteiger partial charge in [-0.25, -0.2) is 14.4 Å². The fraction of sp³-hybridized carbons (Fsp3) is 0.467. The third kappa shape index (κ3) is 3.01. The highest BCUT2D eigenvalue weighted by atomic mass is 19.1. The predicted octanol–water partition coefficient (Wildman–Crippen LogP) is 1.38. The Kier molecular flexibility index (Phi) is 4.22. The zero-order chi connectivity index (χ0) is 16.4. The van der Waals surface area contributed by atoms with Crippen molar-refractivity contribution in [1.29, 1.82) is 0 Å². The summed E-state index contributed by atoms with van der Waals surface area (Å²) in [7, 11) is 0. The predicted molar refractivity (Wildman–Crippen MR) is 82.7 cm³/mol. The van der Waals surface area contributed by atoms with E-state index in [0.717, 1.165) is 25.1 Å². The van der Waals surface area contributed by atoms with Crippen molar-refractivity contribution in [2.24, 2.45) is 5.73 Å². The van der Waals surface area contributed by atoms with Crippen molar-refractivity contribution in [3.8, 4) is 0 Å². The molecule has 1 fully saturated rings. The Morgan fingerprint density at radius 3 is 3.04 bits per heavy atom. The molecule has 0 saturated carbocycles. The van der Waals surface area contributed by atoms with Gasteiger partial charge in [0.2, 0.25) is 0 Å². The molecule has 7 nitrogen and oxygen atoms in total. The largest absolute Gasteiger partial charge is 0.364 e. The maximum Gasteiger partial charge on any atom is 0.269 e. The van der Waals surface area contributed by atoms with E-state index in [1.54, 1.807) is 6.07 Å². The number of nitrogens with two attached hydrogens (primary N) is 1. The lowest BCUT2D eigenvalue weighted by atomic mass is 9.94. The molecule has 0 aromatic carbocycles. The van der Waals surface area contributed by atoms with Crippen LogP contribution in [-0.2, 0) is 6.42 Å². The molecule has 0 spiro atoms. The highest BCUT2D eigenvalue weighted by Crippen LogP contribution is 2.30. The van der Waals surface area contributed by atoms with Gasteiger partial charge in [0.05, 0.1) is 5.69 Å². The van der Waals surface area contributed by atoms with E-state index >= 15 is 0 Å². The van der Waals surface area contributed by atoms with Crippen LogP contribution >= 0.6 is 0 Å². The molecule has 0 bridgehead atoms. The molecule has 3 rings (SSSR count). The number of anilines is 1. The van der Waals surface area contributed by atoms with Crippen LogP contribution in [0.2, 0.25) is 0 Å². The SMILES string of the molecule is CCc1ncnc(N2CCC[C@H](c3cc(C(N)=O)n[nH]3)C2)c1F. The minimum absolute atomic E-state index is 0.129. The number of rotatable bonds is 4. The van der Waals surface area contributed by atoms with Crippen LogP contribution in [0.15, 0.2) is 12.4 Å². The van der Waals surface area contributed by atoms with Gasteiger partial charge in [0.25, 0.3) is 5.91 Å². The van der Waals surface area contributed by atoms with Gasteiger partial charge in [0, 0.05) is 24.7 Å². The van der Waals surface area contributed by atoms with Crippen molar-refractivity contribution in [2.45, 2.75) is 32.1 Å². The first-order valence-corrected chi connectivity index (χ1v) is 7.69. The molecule has 2 aromatic heterocycles. The average Bonchev–Trinajstić information content (AvgIpc) is 3.05. The van der Waals surface area contributed by atoms with Crippen LogP contribution in [0.5, 0.6) is 0 Å². The molecule has 1 aliphatic rings. The number of halogens is 1. The van der Waals surface area contributed by atoms with Crippen LogP contribution in [-0.4, -0.2) is 39.2 Å². The van der Waals surface area contributed by atoms with Crippen molar-refractivity contribution in [2.75, 3.05) is 18.0 Å². The van der Waals surface area contributed by atoms with Gasteiger partial charge in [-0.3, -0.25) is 9.89 Å². The van der Waals surface area contributed by atoms with Gasteiger partial charge in [0.15, 0.2) is 11.6 Å². The van der Waals surface area contributed by atoms with Gasteiger partial charge in [-0.05, 0) is 25.3 Å². The lowest BCUT2D eigenvalue weighted by Gasteiger charge is -2.33. The van der Waals surface area contributed by atoms with E-state index in [9.17, 15) is 9.18 Å². The molecule has 1 aliphatic heterocycles. The summed E-state index contributed by atoms with van der Waals surface area (Å²) in [6, 6.07) is 1.67. The lowest BCUT2D eigenvalue weighted by molar-refractivity contribution is 0.0995. The number of carbonyl (C=O) groups is 1. The summed E-state index contributed by atoms with van der Waals surface area (Å²) in [6.07, 6.45) is 3.77. The van der Waals surface area contributed by atoms with Crippen molar-refractivity contribution in [3.05, 3.63) is 35.3 Å². The Hall–Kier alpha value is -2.51. The maximum atomic E-state index is 14.4. The van der Waals surface area contributed by atoms with Crippen molar-refractivity contribution in [3.63, 3.8) is 0 Å². The monoisotopic (exact) mass is 318 g/mol. The van der Waals surface area contributed by atoms with Gasteiger partial charge < -0.3 is 10.6 Å². The Morgan fingerprint density at radius 1 is 1.52 bits per heavy atom. The molecule has 0 radical (unpaired) electrons. The molecule has 2 aromatic rings. The van der Waals surface area contributed by atoms with Gasteiger partial charge in [0.1, 0.15) is 12.0 Å². The minimum Gasteiger partial charge on any atom is -0.364 e. The zero-order valence-corrected chi connectivity index (χ0v) is 12.9. The summed E-state index contributed by atoms with van der Waals surface area (Å²) in [5, 5.41) is 6.78. The molecule has 0 aliphatic carbocycles. The standard InChI is InChI=1S/C15H19FN6O/c1-2-10-13(16)15(19-8-18-10)22-5-3-4-9(7-22)11-6-12(14(17)23)21-20-11/h6,8-9H,2-5,7H2,1H3,(H2,17,23)(H,20,21)/t9-/m0/s1.